The third-order valence-electron chi connectivity index (χ3n) is 2.76. The first-order valence-corrected chi connectivity index (χ1v) is 8.08. The fourth-order valence-electron chi connectivity index (χ4n) is 1.67. The number of rotatable bonds is 7. The average Bonchev–Trinajstić information content (AvgIpc) is 2.40. The summed E-state index contributed by atoms with van der Waals surface area (Å²) in [6.45, 7) is 5.20. The molecule has 0 aliphatic heterocycles. The van der Waals surface area contributed by atoms with Gasteiger partial charge in [-0.1, -0.05) is 13.0 Å². The first-order valence-electron chi connectivity index (χ1n) is 6.31. The van der Waals surface area contributed by atoms with E-state index in [1.165, 1.54) is 12.7 Å². The van der Waals surface area contributed by atoms with E-state index in [4.69, 9.17) is 0 Å². The summed E-state index contributed by atoms with van der Waals surface area (Å²) >= 11 is 5.24. The minimum absolute atomic E-state index is 0.166. The molecular formula is C14H20BrNO2S. The smallest absolute Gasteiger partial charge is 0.306 e. The van der Waals surface area contributed by atoms with Crippen LogP contribution < -0.4 is 5.32 Å². The molecule has 1 aromatic carbocycles. The van der Waals surface area contributed by atoms with Crippen molar-refractivity contribution in [3.05, 3.63) is 28.2 Å². The van der Waals surface area contributed by atoms with E-state index in [9.17, 15) is 4.79 Å². The molecule has 0 aliphatic rings. The van der Waals surface area contributed by atoms with Gasteiger partial charge in [0.25, 0.3) is 0 Å². The van der Waals surface area contributed by atoms with Crippen LogP contribution >= 0.6 is 27.7 Å². The Bertz CT molecular complexity index is 426. The highest BCUT2D eigenvalue weighted by atomic mass is 79.9. The van der Waals surface area contributed by atoms with Crippen LogP contribution in [-0.4, -0.2) is 25.4 Å². The van der Waals surface area contributed by atoms with Crippen LogP contribution in [0.25, 0.3) is 0 Å². The average molecular weight is 346 g/mol. The molecule has 0 spiro atoms. The van der Waals surface area contributed by atoms with E-state index in [1.807, 2.05) is 0 Å². The Labute approximate surface area is 127 Å². The Morgan fingerprint density at radius 1 is 1.53 bits per heavy atom. The number of benzene rings is 1. The summed E-state index contributed by atoms with van der Waals surface area (Å²) in [5.41, 5.74) is 1.26. The lowest BCUT2D eigenvalue weighted by molar-refractivity contribution is -0.140. The van der Waals surface area contributed by atoms with Crippen molar-refractivity contribution in [2.45, 2.75) is 31.2 Å². The highest BCUT2D eigenvalue weighted by molar-refractivity contribution is 9.10. The summed E-state index contributed by atoms with van der Waals surface area (Å²) in [6.07, 6.45) is 0.434. The summed E-state index contributed by atoms with van der Waals surface area (Å²) in [5.74, 6) is 0.564. The Kier molecular flexibility index (Phi) is 7.49. The summed E-state index contributed by atoms with van der Waals surface area (Å²) < 4.78 is 5.70. The molecule has 0 heterocycles. The quantitative estimate of drug-likeness (QED) is 0.602. The second kappa shape index (κ2) is 8.61. The van der Waals surface area contributed by atoms with Gasteiger partial charge in [-0.05, 0) is 47.1 Å². The normalized spacial score (nSPS) is 12.2. The zero-order valence-electron chi connectivity index (χ0n) is 11.5. The third kappa shape index (κ3) is 5.55. The van der Waals surface area contributed by atoms with Crippen LogP contribution in [0, 0.1) is 0 Å². The van der Waals surface area contributed by atoms with Crippen LogP contribution in [0.15, 0.2) is 27.6 Å². The molecular weight excluding hydrogens is 326 g/mol. The number of esters is 1. The van der Waals surface area contributed by atoms with Crippen molar-refractivity contribution >= 4 is 33.7 Å². The molecule has 1 rings (SSSR count). The van der Waals surface area contributed by atoms with Crippen LogP contribution in [0.5, 0.6) is 0 Å². The predicted molar refractivity (Wildman–Crippen MR) is 83.6 cm³/mol. The highest BCUT2D eigenvalue weighted by Crippen LogP contribution is 2.30. The molecule has 1 atom stereocenters. The van der Waals surface area contributed by atoms with Gasteiger partial charge in [0.15, 0.2) is 0 Å². The topological polar surface area (TPSA) is 38.3 Å². The van der Waals surface area contributed by atoms with Crippen LogP contribution in [0.3, 0.4) is 0 Å². The molecule has 0 saturated carbocycles. The van der Waals surface area contributed by atoms with Gasteiger partial charge in [-0.2, -0.15) is 0 Å². The Morgan fingerprint density at radius 3 is 2.84 bits per heavy atom. The van der Waals surface area contributed by atoms with Gasteiger partial charge in [0.2, 0.25) is 0 Å². The van der Waals surface area contributed by atoms with Crippen molar-refractivity contribution < 1.29 is 9.53 Å². The molecule has 0 saturated heterocycles. The summed E-state index contributed by atoms with van der Waals surface area (Å²) in [6, 6.07) is 6.69. The lowest BCUT2D eigenvalue weighted by Gasteiger charge is -2.14. The van der Waals surface area contributed by atoms with Crippen molar-refractivity contribution in [1.82, 2.24) is 5.32 Å². The lowest BCUT2D eigenvalue weighted by atomic mass is 10.1. The first kappa shape index (κ1) is 16.5. The molecule has 1 unspecified atom stereocenters. The van der Waals surface area contributed by atoms with E-state index in [2.05, 4.69) is 58.0 Å². The third-order valence-corrected chi connectivity index (χ3v) is 4.75. The van der Waals surface area contributed by atoms with Gasteiger partial charge in [-0.25, -0.2) is 0 Å². The molecule has 3 nitrogen and oxygen atoms in total. The number of thioether (sulfide) groups is 1. The van der Waals surface area contributed by atoms with Gasteiger partial charge in [-0.15, -0.1) is 11.8 Å². The fraction of sp³-hybridized carbons (Fsp3) is 0.500. The Hall–Kier alpha value is -0.520. The van der Waals surface area contributed by atoms with Crippen molar-refractivity contribution in [3.63, 3.8) is 0 Å². The van der Waals surface area contributed by atoms with E-state index in [0.717, 1.165) is 21.7 Å². The number of halogens is 1. The minimum atomic E-state index is -0.166. The zero-order chi connectivity index (χ0) is 14.3. The molecule has 5 heteroatoms. The van der Waals surface area contributed by atoms with Crippen molar-refractivity contribution in [1.29, 1.82) is 0 Å². The fourth-order valence-corrected chi connectivity index (χ4v) is 3.26. The second-order valence-corrected chi connectivity index (χ2v) is 6.13. The second-order valence-electron chi connectivity index (χ2n) is 4.14. The molecule has 0 aromatic heterocycles. The van der Waals surface area contributed by atoms with Gasteiger partial charge in [0.1, 0.15) is 0 Å². The van der Waals surface area contributed by atoms with E-state index in [0.29, 0.717) is 12.5 Å². The molecule has 1 aromatic rings. The highest BCUT2D eigenvalue weighted by Gasteiger charge is 2.08. The monoisotopic (exact) mass is 345 g/mol. The number of ether oxygens (including phenoxy) is 1. The van der Waals surface area contributed by atoms with Crippen LogP contribution in [0.1, 0.15) is 31.9 Å². The van der Waals surface area contributed by atoms with Crippen LogP contribution in [0.4, 0.5) is 0 Å². The van der Waals surface area contributed by atoms with Crippen LogP contribution in [-0.2, 0) is 9.53 Å². The standard InChI is InChI=1S/C14H20BrNO2S/c1-4-16-10(2)11-5-6-13(12(15)9-11)19-8-7-14(17)18-3/h5-6,9-10,16H,4,7-8H2,1-3H3. The van der Waals surface area contributed by atoms with Crippen LogP contribution in [0.2, 0.25) is 0 Å². The largest absolute Gasteiger partial charge is 0.469 e. The van der Waals surface area contributed by atoms with Crippen molar-refractivity contribution in [2.75, 3.05) is 19.4 Å². The Balaban J connectivity index is 2.59. The molecule has 0 bridgehead atoms. The summed E-state index contributed by atoms with van der Waals surface area (Å²) in [7, 11) is 1.42. The molecule has 106 valence electrons. The van der Waals surface area contributed by atoms with Crippen molar-refractivity contribution in [2.24, 2.45) is 0 Å². The maximum atomic E-state index is 11.0. The maximum absolute atomic E-state index is 11.0. The zero-order valence-corrected chi connectivity index (χ0v) is 13.9. The number of carbonyl (C=O) groups is 1. The lowest BCUT2D eigenvalue weighted by Crippen LogP contribution is -2.17. The molecule has 0 radical (unpaired) electrons. The molecule has 19 heavy (non-hydrogen) atoms. The predicted octanol–water partition coefficient (Wildman–Crippen LogP) is 3.77. The summed E-state index contributed by atoms with van der Waals surface area (Å²) in [4.78, 5) is 12.2. The molecule has 1 N–H and O–H groups in total. The first-order chi connectivity index (χ1) is 9.08. The van der Waals surface area contributed by atoms with Gasteiger partial charge < -0.3 is 10.1 Å². The van der Waals surface area contributed by atoms with E-state index < -0.39 is 0 Å². The number of nitrogens with one attached hydrogen (secondary N) is 1. The van der Waals surface area contributed by atoms with Gasteiger partial charge >= 0.3 is 5.97 Å². The van der Waals surface area contributed by atoms with E-state index >= 15 is 0 Å². The van der Waals surface area contributed by atoms with Gasteiger partial charge in [0, 0.05) is 21.2 Å². The van der Waals surface area contributed by atoms with Gasteiger partial charge in [-0.3, -0.25) is 4.79 Å². The maximum Gasteiger partial charge on any atom is 0.306 e. The number of carbonyl (C=O) groups excluding carboxylic acids is 1. The summed E-state index contributed by atoms with van der Waals surface area (Å²) in [5, 5.41) is 3.39. The minimum Gasteiger partial charge on any atom is -0.469 e. The Morgan fingerprint density at radius 2 is 2.26 bits per heavy atom. The number of hydrogen-bond acceptors (Lipinski definition) is 4. The van der Waals surface area contributed by atoms with Gasteiger partial charge in [0.05, 0.1) is 13.5 Å². The van der Waals surface area contributed by atoms with E-state index in [1.54, 1.807) is 11.8 Å². The number of hydrogen-bond donors (Lipinski definition) is 1. The van der Waals surface area contributed by atoms with Crippen molar-refractivity contribution in [3.8, 4) is 0 Å². The van der Waals surface area contributed by atoms with E-state index in [-0.39, 0.29) is 5.97 Å². The molecule has 0 fully saturated rings. The number of methoxy groups -OCH3 is 1. The SMILES string of the molecule is CCNC(C)c1ccc(SCCC(=O)OC)c(Br)c1. The molecule has 0 aliphatic carbocycles. The molecule has 0 amide bonds.